The molecule has 0 saturated carbocycles. The van der Waals surface area contributed by atoms with Gasteiger partial charge in [-0.05, 0) is 48.4 Å². The number of benzene rings is 3. The van der Waals surface area contributed by atoms with Gasteiger partial charge in [-0.1, -0.05) is 46.3 Å². The first-order valence-electron chi connectivity index (χ1n) is 11.1. The molecule has 0 radical (unpaired) electrons. The molecular weight excluding hydrogens is 498 g/mol. The monoisotopic (exact) mass is 523 g/mol. The molecule has 34 heavy (non-hydrogen) atoms. The van der Waals surface area contributed by atoms with E-state index in [0.29, 0.717) is 30.0 Å². The molecule has 0 unspecified atom stereocenters. The zero-order valence-corrected chi connectivity index (χ0v) is 20.5. The Bertz CT molecular complexity index is 1190. The van der Waals surface area contributed by atoms with E-state index in [1.165, 1.54) is 11.6 Å². The minimum atomic E-state index is -0.408. The lowest BCUT2D eigenvalue weighted by atomic mass is 10.1. The summed E-state index contributed by atoms with van der Waals surface area (Å²) < 4.78 is 6.92. The van der Waals surface area contributed by atoms with Crippen LogP contribution in [0.4, 0.5) is 5.69 Å². The van der Waals surface area contributed by atoms with E-state index in [-0.39, 0.29) is 18.2 Å². The average Bonchev–Trinajstić information content (AvgIpc) is 2.84. The molecule has 3 aromatic carbocycles. The van der Waals surface area contributed by atoms with Crippen LogP contribution in [0.2, 0.25) is 0 Å². The van der Waals surface area contributed by atoms with Crippen molar-refractivity contribution >= 4 is 27.5 Å². The summed E-state index contributed by atoms with van der Waals surface area (Å²) >= 11 is 3.61. The Labute approximate surface area is 207 Å². The van der Waals surface area contributed by atoms with Gasteiger partial charge in [0, 0.05) is 54.4 Å². The second-order valence-corrected chi connectivity index (χ2v) is 9.21. The Morgan fingerprint density at radius 2 is 1.79 bits per heavy atom. The minimum absolute atomic E-state index is 0.0218. The molecule has 0 bridgehead atoms. The number of nitrogens with zero attached hydrogens (tertiary/aromatic N) is 3. The van der Waals surface area contributed by atoms with E-state index in [1.54, 1.807) is 19.1 Å². The number of carbonyl (C=O) groups is 1. The lowest BCUT2D eigenvalue weighted by Crippen LogP contribution is -2.48. The van der Waals surface area contributed by atoms with Crippen molar-refractivity contribution in [3.8, 4) is 5.75 Å². The predicted octanol–water partition coefficient (Wildman–Crippen LogP) is 5.20. The van der Waals surface area contributed by atoms with Gasteiger partial charge in [-0.2, -0.15) is 0 Å². The van der Waals surface area contributed by atoms with Crippen LogP contribution in [-0.2, 0) is 13.2 Å². The van der Waals surface area contributed by atoms with Gasteiger partial charge in [0.05, 0.1) is 4.92 Å². The first-order valence-corrected chi connectivity index (χ1v) is 11.9. The minimum Gasteiger partial charge on any atom is -0.489 e. The van der Waals surface area contributed by atoms with E-state index in [0.717, 1.165) is 29.7 Å². The largest absolute Gasteiger partial charge is 0.489 e. The highest BCUT2D eigenvalue weighted by atomic mass is 79.9. The fourth-order valence-electron chi connectivity index (χ4n) is 4.04. The van der Waals surface area contributed by atoms with Crippen molar-refractivity contribution in [3.05, 3.63) is 104 Å². The summed E-state index contributed by atoms with van der Waals surface area (Å²) in [5.74, 6) is 0.578. The smallest absolute Gasteiger partial charge is 0.272 e. The van der Waals surface area contributed by atoms with E-state index >= 15 is 0 Å². The van der Waals surface area contributed by atoms with Crippen molar-refractivity contribution in [1.82, 2.24) is 9.80 Å². The number of rotatable bonds is 7. The Morgan fingerprint density at radius 1 is 1.03 bits per heavy atom. The van der Waals surface area contributed by atoms with Gasteiger partial charge in [0.25, 0.3) is 11.6 Å². The van der Waals surface area contributed by atoms with E-state index in [2.05, 4.69) is 33.0 Å². The Hall–Kier alpha value is -3.23. The number of aryl methyl sites for hydroxylation is 1. The highest BCUT2D eigenvalue weighted by Crippen LogP contribution is 2.24. The molecule has 0 atom stereocenters. The number of hydrogen-bond acceptors (Lipinski definition) is 5. The Morgan fingerprint density at radius 3 is 2.50 bits per heavy atom. The molecule has 1 aliphatic rings. The van der Waals surface area contributed by atoms with E-state index < -0.39 is 4.92 Å². The molecular formula is C26H26BrN3O4. The maximum atomic E-state index is 13.1. The van der Waals surface area contributed by atoms with Crippen LogP contribution >= 0.6 is 15.9 Å². The van der Waals surface area contributed by atoms with Crippen molar-refractivity contribution in [3.63, 3.8) is 0 Å². The average molecular weight is 524 g/mol. The molecule has 8 heteroatoms. The van der Waals surface area contributed by atoms with Crippen LogP contribution in [0.15, 0.2) is 71.2 Å². The molecule has 1 saturated heterocycles. The standard InChI is InChI=1S/C26H26BrN3O4/c1-19-15-23(9-10-25(19)30(32)33)34-18-20-5-4-7-21(16-20)26(31)29-13-11-28(12-14-29)17-22-6-2-3-8-24(22)27/h2-10,15-16H,11-14,17-18H2,1H3. The van der Waals surface area contributed by atoms with Gasteiger partial charge in [0.1, 0.15) is 12.4 Å². The van der Waals surface area contributed by atoms with Crippen molar-refractivity contribution < 1.29 is 14.5 Å². The molecule has 0 spiro atoms. The van der Waals surface area contributed by atoms with Crippen LogP contribution in [0.5, 0.6) is 5.75 Å². The van der Waals surface area contributed by atoms with E-state index in [9.17, 15) is 14.9 Å². The summed E-state index contributed by atoms with van der Waals surface area (Å²) in [6.07, 6.45) is 0. The SMILES string of the molecule is Cc1cc(OCc2cccc(C(=O)N3CCN(Cc4ccccc4Br)CC3)c2)ccc1[N+](=O)[O-]. The van der Waals surface area contributed by atoms with Crippen LogP contribution in [0, 0.1) is 17.0 Å². The van der Waals surface area contributed by atoms with Crippen LogP contribution < -0.4 is 4.74 Å². The predicted molar refractivity (Wildman–Crippen MR) is 134 cm³/mol. The number of halogens is 1. The first kappa shape index (κ1) is 23.9. The highest BCUT2D eigenvalue weighted by molar-refractivity contribution is 9.10. The molecule has 0 N–H and O–H groups in total. The Kier molecular flexibility index (Phi) is 7.59. The maximum absolute atomic E-state index is 13.1. The summed E-state index contributed by atoms with van der Waals surface area (Å²) in [4.78, 5) is 27.9. The van der Waals surface area contributed by atoms with E-state index in [4.69, 9.17) is 4.74 Å². The molecule has 4 rings (SSSR count). The second-order valence-electron chi connectivity index (χ2n) is 8.35. The van der Waals surface area contributed by atoms with Gasteiger partial charge in [0.2, 0.25) is 0 Å². The number of hydrogen-bond donors (Lipinski definition) is 0. The third-order valence-electron chi connectivity index (χ3n) is 5.96. The van der Waals surface area contributed by atoms with Crippen molar-refractivity contribution in [2.75, 3.05) is 26.2 Å². The van der Waals surface area contributed by atoms with Crippen LogP contribution in [0.1, 0.15) is 27.0 Å². The Balaban J connectivity index is 1.33. The third-order valence-corrected chi connectivity index (χ3v) is 6.73. The van der Waals surface area contributed by atoms with Crippen molar-refractivity contribution in [1.29, 1.82) is 0 Å². The van der Waals surface area contributed by atoms with Gasteiger partial charge >= 0.3 is 0 Å². The summed E-state index contributed by atoms with van der Waals surface area (Å²) in [7, 11) is 0. The summed E-state index contributed by atoms with van der Waals surface area (Å²) in [6.45, 7) is 5.85. The number of piperazine rings is 1. The number of ether oxygens (including phenoxy) is 1. The number of nitro benzene ring substituents is 1. The molecule has 0 aromatic heterocycles. The lowest BCUT2D eigenvalue weighted by molar-refractivity contribution is -0.385. The fourth-order valence-corrected chi connectivity index (χ4v) is 4.45. The second kappa shape index (κ2) is 10.8. The number of carbonyl (C=O) groups excluding carboxylic acids is 1. The molecule has 7 nitrogen and oxygen atoms in total. The molecule has 0 aliphatic carbocycles. The molecule has 3 aromatic rings. The first-order chi connectivity index (χ1) is 16.4. The fraction of sp³-hybridized carbons (Fsp3) is 0.269. The van der Waals surface area contributed by atoms with Gasteiger partial charge in [-0.25, -0.2) is 0 Å². The topological polar surface area (TPSA) is 75.9 Å². The zero-order chi connectivity index (χ0) is 24.1. The zero-order valence-electron chi connectivity index (χ0n) is 18.9. The highest BCUT2D eigenvalue weighted by Gasteiger charge is 2.22. The molecule has 1 amide bonds. The van der Waals surface area contributed by atoms with E-state index in [1.807, 2.05) is 41.3 Å². The summed E-state index contributed by atoms with van der Waals surface area (Å²) in [5, 5.41) is 11.0. The quantitative estimate of drug-likeness (QED) is 0.314. The molecule has 1 heterocycles. The normalized spacial score (nSPS) is 14.1. The van der Waals surface area contributed by atoms with Crippen LogP contribution in [-0.4, -0.2) is 46.8 Å². The van der Waals surface area contributed by atoms with Gasteiger partial charge in [0.15, 0.2) is 0 Å². The number of nitro groups is 1. The van der Waals surface area contributed by atoms with Crippen LogP contribution in [0.3, 0.4) is 0 Å². The van der Waals surface area contributed by atoms with Crippen molar-refractivity contribution in [2.45, 2.75) is 20.1 Å². The summed E-state index contributed by atoms with van der Waals surface area (Å²) in [5.41, 5.74) is 3.37. The van der Waals surface area contributed by atoms with Gasteiger partial charge < -0.3 is 9.64 Å². The third kappa shape index (κ3) is 5.81. The molecule has 1 fully saturated rings. The van der Waals surface area contributed by atoms with Gasteiger partial charge in [-0.15, -0.1) is 0 Å². The molecule has 176 valence electrons. The number of amides is 1. The summed E-state index contributed by atoms with van der Waals surface area (Å²) in [6, 6.07) is 20.4. The molecule has 1 aliphatic heterocycles. The maximum Gasteiger partial charge on any atom is 0.272 e. The van der Waals surface area contributed by atoms with Crippen molar-refractivity contribution in [2.24, 2.45) is 0 Å². The van der Waals surface area contributed by atoms with Gasteiger partial charge in [-0.3, -0.25) is 19.8 Å². The lowest BCUT2D eigenvalue weighted by Gasteiger charge is -2.35. The van der Waals surface area contributed by atoms with Crippen LogP contribution in [0.25, 0.3) is 0 Å².